The second-order valence-corrected chi connectivity index (χ2v) is 8.76. The molecule has 0 atom stereocenters. The Hall–Kier alpha value is -2.10. The quantitative estimate of drug-likeness (QED) is 0.574. The minimum atomic E-state index is 0.665. The van der Waals surface area contributed by atoms with Crippen LogP contribution in [0.15, 0.2) is 66.2 Å². The summed E-state index contributed by atoms with van der Waals surface area (Å²) >= 11 is 0. The summed E-state index contributed by atoms with van der Waals surface area (Å²) in [5.41, 5.74) is 5.50. The maximum Gasteiger partial charge on any atom is 0.0361 e. The van der Waals surface area contributed by atoms with Crippen LogP contribution in [0.1, 0.15) is 37.8 Å². The van der Waals surface area contributed by atoms with Gasteiger partial charge >= 0.3 is 0 Å². The van der Waals surface area contributed by atoms with Gasteiger partial charge in [-0.3, -0.25) is 9.80 Å². The SMILES string of the molecule is CC(C)=CCN(Cc1ccccc1)C1CCN(Cc2ccc(N(C)C)cc2)CC1. The minimum absolute atomic E-state index is 0.665. The first kappa shape index (κ1) is 21.6. The monoisotopic (exact) mass is 391 g/mol. The van der Waals surface area contributed by atoms with Gasteiger partial charge in [0.2, 0.25) is 0 Å². The van der Waals surface area contributed by atoms with Crippen molar-refractivity contribution in [2.75, 3.05) is 38.6 Å². The maximum absolute atomic E-state index is 2.67. The van der Waals surface area contributed by atoms with Gasteiger partial charge in [0.15, 0.2) is 0 Å². The van der Waals surface area contributed by atoms with E-state index < -0.39 is 0 Å². The number of allylic oxidation sites excluding steroid dienone is 1. The zero-order chi connectivity index (χ0) is 20.6. The Morgan fingerprint density at radius 2 is 1.59 bits per heavy atom. The lowest BCUT2D eigenvalue weighted by molar-refractivity contribution is 0.108. The maximum atomic E-state index is 2.67. The van der Waals surface area contributed by atoms with Crippen LogP contribution in [0.5, 0.6) is 0 Å². The standard InChI is InChI=1S/C26H37N3/c1-22(2)14-19-29(21-23-8-6-5-7-9-23)26-15-17-28(18-16-26)20-24-10-12-25(13-11-24)27(3)4/h5-14,26H,15-21H2,1-4H3. The fourth-order valence-electron chi connectivity index (χ4n) is 4.06. The molecule has 0 saturated carbocycles. The van der Waals surface area contributed by atoms with Gasteiger partial charge in [-0.05, 0) is 63.0 Å². The van der Waals surface area contributed by atoms with Gasteiger partial charge in [-0.2, -0.15) is 0 Å². The summed E-state index contributed by atoms with van der Waals surface area (Å²) < 4.78 is 0. The highest BCUT2D eigenvalue weighted by atomic mass is 15.2. The number of piperidine rings is 1. The van der Waals surface area contributed by atoms with Gasteiger partial charge in [0.25, 0.3) is 0 Å². The second-order valence-electron chi connectivity index (χ2n) is 8.76. The zero-order valence-electron chi connectivity index (χ0n) is 18.6. The van der Waals surface area contributed by atoms with Crippen molar-refractivity contribution in [2.45, 2.75) is 45.8 Å². The van der Waals surface area contributed by atoms with E-state index in [2.05, 4.69) is 103 Å². The van der Waals surface area contributed by atoms with Crippen LogP contribution in [0.25, 0.3) is 0 Å². The number of rotatable bonds is 8. The van der Waals surface area contributed by atoms with E-state index in [0.717, 1.165) is 19.6 Å². The second kappa shape index (κ2) is 10.6. The number of benzene rings is 2. The van der Waals surface area contributed by atoms with Crippen molar-refractivity contribution in [1.82, 2.24) is 9.80 Å². The summed E-state index contributed by atoms with van der Waals surface area (Å²) in [5, 5.41) is 0. The molecule has 156 valence electrons. The molecule has 1 aliphatic rings. The number of hydrogen-bond acceptors (Lipinski definition) is 3. The van der Waals surface area contributed by atoms with Gasteiger partial charge in [-0.1, -0.05) is 54.1 Å². The fraction of sp³-hybridized carbons (Fsp3) is 0.462. The third kappa shape index (κ3) is 6.73. The van der Waals surface area contributed by atoms with E-state index in [0.29, 0.717) is 6.04 Å². The predicted octanol–water partition coefficient (Wildman–Crippen LogP) is 5.19. The van der Waals surface area contributed by atoms with Crippen molar-refractivity contribution in [2.24, 2.45) is 0 Å². The van der Waals surface area contributed by atoms with Crippen molar-refractivity contribution in [3.05, 3.63) is 77.4 Å². The Labute approximate surface area is 177 Å². The van der Waals surface area contributed by atoms with Crippen LogP contribution in [0.2, 0.25) is 0 Å². The lowest BCUT2D eigenvalue weighted by Crippen LogP contribution is -2.44. The molecule has 1 aliphatic heterocycles. The van der Waals surface area contributed by atoms with Crippen LogP contribution in [0.3, 0.4) is 0 Å². The van der Waals surface area contributed by atoms with Gasteiger partial charge in [-0.25, -0.2) is 0 Å². The Morgan fingerprint density at radius 1 is 0.931 bits per heavy atom. The van der Waals surface area contributed by atoms with Gasteiger partial charge in [0.05, 0.1) is 0 Å². The zero-order valence-corrected chi connectivity index (χ0v) is 18.6. The Bertz CT molecular complexity index is 752. The van der Waals surface area contributed by atoms with Gasteiger partial charge in [-0.15, -0.1) is 0 Å². The molecule has 1 saturated heterocycles. The Kier molecular flexibility index (Phi) is 7.91. The highest BCUT2D eigenvalue weighted by Gasteiger charge is 2.24. The third-order valence-corrected chi connectivity index (χ3v) is 5.89. The van der Waals surface area contributed by atoms with Gasteiger partial charge in [0.1, 0.15) is 0 Å². The van der Waals surface area contributed by atoms with Crippen molar-refractivity contribution in [3.63, 3.8) is 0 Å². The molecule has 2 aromatic rings. The number of hydrogen-bond donors (Lipinski definition) is 0. The van der Waals surface area contributed by atoms with E-state index >= 15 is 0 Å². The molecule has 3 heteroatoms. The van der Waals surface area contributed by atoms with Gasteiger partial charge in [0, 0.05) is 45.5 Å². The van der Waals surface area contributed by atoms with Crippen molar-refractivity contribution < 1.29 is 0 Å². The molecule has 3 nitrogen and oxygen atoms in total. The summed E-state index contributed by atoms with van der Waals surface area (Å²) in [6.45, 7) is 9.92. The fourth-order valence-corrected chi connectivity index (χ4v) is 4.06. The van der Waals surface area contributed by atoms with E-state index in [4.69, 9.17) is 0 Å². The summed E-state index contributed by atoms with van der Waals surface area (Å²) in [5.74, 6) is 0. The molecule has 0 bridgehead atoms. The van der Waals surface area contributed by atoms with E-state index in [9.17, 15) is 0 Å². The smallest absolute Gasteiger partial charge is 0.0361 e. The molecule has 2 aromatic carbocycles. The molecular weight excluding hydrogens is 354 g/mol. The minimum Gasteiger partial charge on any atom is -0.378 e. The molecule has 0 radical (unpaired) electrons. The molecule has 0 aromatic heterocycles. The molecular formula is C26H37N3. The first-order valence-corrected chi connectivity index (χ1v) is 10.9. The first-order chi connectivity index (χ1) is 14.0. The molecule has 0 N–H and O–H groups in total. The van der Waals surface area contributed by atoms with Crippen LogP contribution >= 0.6 is 0 Å². The molecule has 0 aliphatic carbocycles. The predicted molar refractivity (Wildman–Crippen MR) is 125 cm³/mol. The van der Waals surface area contributed by atoms with Crippen LogP contribution in [-0.2, 0) is 13.1 Å². The molecule has 0 unspecified atom stereocenters. The topological polar surface area (TPSA) is 9.72 Å². The summed E-state index contributed by atoms with van der Waals surface area (Å²) in [4.78, 5) is 7.44. The molecule has 1 heterocycles. The van der Waals surface area contributed by atoms with Gasteiger partial charge < -0.3 is 4.90 Å². The third-order valence-electron chi connectivity index (χ3n) is 5.89. The summed E-state index contributed by atoms with van der Waals surface area (Å²) in [6, 6.07) is 20.6. The average Bonchev–Trinajstić information content (AvgIpc) is 2.73. The van der Waals surface area contributed by atoms with E-state index in [1.807, 2.05) is 0 Å². The molecule has 3 rings (SSSR count). The lowest BCUT2D eigenvalue weighted by Gasteiger charge is -2.38. The van der Waals surface area contributed by atoms with E-state index in [1.165, 1.54) is 48.3 Å². The van der Waals surface area contributed by atoms with Crippen molar-refractivity contribution in [3.8, 4) is 0 Å². The summed E-state index contributed by atoms with van der Waals surface area (Å²) in [6.07, 6.45) is 4.88. The molecule has 1 fully saturated rings. The van der Waals surface area contributed by atoms with Crippen LogP contribution in [0.4, 0.5) is 5.69 Å². The molecule has 0 spiro atoms. The molecule has 0 amide bonds. The Balaban J connectivity index is 1.56. The van der Waals surface area contributed by atoms with Crippen LogP contribution < -0.4 is 4.90 Å². The summed E-state index contributed by atoms with van der Waals surface area (Å²) in [7, 11) is 4.19. The number of anilines is 1. The van der Waals surface area contributed by atoms with E-state index in [1.54, 1.807) is 0 Å². The Morgan fingerprint density at radius 3 is 2.17 bits per heavy atom. The normalized spacial score (nSPS) is 15.5. The van der Waals surface area contributed by atoms with Crippen LogP contribution in [0, 0.1) is 0 Å². The highest BCUT2D eigenvalue weighted by Crippen LogP contribution is 2.21. The first-order valence-electron chi connectivity index (χ1n) is 10.9. The van der Waals surface area contributed by atoms with E-state index in [-0.39, 0.29) is 0 Å². The van der Waals surface area contributed by atoms with Crippen molar-refractivity contribution >= 4 is 5.69 Å². The highest BCUT2D eigenvalue weighted by molar-refractivity contribution is 5.45. The average molecular weight is 392 g/mol. The van der Waals surface area contributed by atoms with Crippen molar-refractivity contribution in [1.29, 1.82) is 0 Å². The molecule has 29 heavy (non-hydrogen) atoms. The van der Waals surface area contributed by atoms with Crippen LogP contribution in [-0.4, -0.2) is 49.6 Å². The largest absolute Gasteiger partial charge is 0.378 e. The number of nitrogens with zero attached hydrogens (tertiary/aromatic N) is 3. The number of likely N-dealkylation sites (tertiary alicyclic amines) is 1. The lowest BCUT2D eigenvalue weighted by atomic mass is 10.0.